The fourth-order valence-electron chi connectivity index (χ4n) is 2.69. The number of hydrogen-bond donors (Lipinski definition) is 1. The van der Waals surface area contributed by atoms with Gasteiger partial charge in [-0.3, -0.25) is 0 Å². The van der Waals surface area contributed by atoms with Crippen LogP contribution in [-0.4, -0.2) is 15.1 Å². The molecule has 0 saturated carbocycles. The number of aromatic hydroxyl groups is 1. The molecule has 0 bridgehead atoms. The van der Waals surface area contributed by atoms with Crippen molar-refractivity contribution in [3.05, 3.63) is 65.7 Å². The maximum atomic E-state index is 9.75. The molecule has 126 valence electrons. The first-order valence-corrected chi connectivity index (χ1v) is 9.53. The van der Waals surface area contributed by atoms with E-state index in [9.17, 15) is 5.11 Å². The summed E-state index contributed by atoms with van der Waals surface area (Å²) < 4.78 is 7.11. The van der Waals surface area contributed by atoms with Crippen molar-refractivity contribution in [3.8, 4) is 16.3 Å². The Kier molecular flexibility index (Phi) is 3.55. The van der Waals surface area contributed by atoms with Crippen molar-refractivity contribution in [3.63, 3.8) is 0 Å². The van der Waals surface area contributed by atoms with Gasteiger partial charge in [0.2, 0.25) is 10.7 Å². The van der Waals surface area contributed by atoms with Crippen molar-refractivity contribution in [1.82, 2.24) is 9.97 Å². The maximum Gasteiger partial charge on any atom is 0.232 e. The zero-order chi connectivity index (χ0) is 17.5. The first kappa shape index (κ1) is 15.2. The van der Waals surface area contributed by atoms with E-state index in [1.54, 1.807) is 29.7 Å². The molecule has 0 aliphatic rings. The number of fused-ring (bicyclic) bond motifs is 2. The quantitative estimate of drug-likeness (QED) is 0.464. The van der Waals surface area contributed by atoms with Crippen molar-refractivity contribution in [2.45, 2.75) is 0 Å². The van der Waals surface area contributed by atoms with E-state index in [1.807, 2.05) is 41.8 Å². The molecule has 0 atom stereocenters. The summed E-state index contributed by atoms with van der Waals surface area (Å²) in [4.78, 5) is 13.5. The van der Waals surface area contributed by atoms with Crippen LogP contribution in [0.15, 0.2) is 69.5 Å². The van der Waals surface area contributed by atoms with Crippen LogP contribution in [0.5, 0.6) is 5.75 Å². The van der Waals surface area contributed by atoms with Crippen molar-refractivity contribution in [1.29, 1.82) is 0 Å². The van der Waals surface area contributed by atoms with Crippen LogP contribution in [0, 0.1) is 0 Å². The van der Waals surface area contributed by atoms with E-state index in [0.29, 0.717) is 16.3 Å². The van der Waals surface area contributed by atoms with Gasteiger partial charge in [0.15, 0.2) is 0 Å². The summed E-state index contributed by atoms with van der Waals surface area (Å²) in [7, 11) is 0. The number of thiazole rings is 2. The van der Waals surface area contributed by atoms with Gasteiger partial charge in [0.05, 0.1) is 15.8 Å². The number of aromatic nitrogens is 2. The molecule has 5 rings (SSSR count). The molecule has 0 unspecified atom stereocenters. The Labute approximate surface area is 155 Å². The minimum Gasteiger partial charge on any atom is -0.508 e. The second kappa shape index (κ2) is 6.05. The van der Waals surface area contributed by atoms with Crippen molar-refractivity contribution < 1.29 is 9.52 Å². The molecule has 5 nitrogen and oxygen atoms in total. The van der Waals surface area contributed by atoms with Gasteiger partial charge in [-0.15, -0.1) is 22.7 Å². The SMILES string of the molecule is Oc1ccc2cc(-c3nc4ccccc4s3)/c(=N/c3nccs3)oc2c1. The minimum atomic E-state index is 0.147. The molecular weight excluding hydrogens is 366 g/mol. The predicted molar refractivity (Wildman–Crippen MR) is 104 cm³/mol. The number of nitrogens with zero attached hydrogens (tertiary/aromatic N) is 3. The summed E-state index contributed by atoms with van der Waals surface area (Å²) in [6, 6.07) is 15.0. The number of hydrogen-bond acceptors (Lipinski definition) is 7. The number of phenolic OH excluding ortho intramolecular Hbond substituents is 1. The fraction of sp³-hybridized carbons (Fsp3) is 0. The van der Waals surface area contributed by atoms with Crippen molar-refractivity contribution in [2.24, 2.45) is 4.99 Å². The Morgan fingerprint density at radius 1 is 1.08 bits per heavy atom. The van der Waals surface area contributed by atoms with E-state index >= 15 is 0 Å². The molecule has 0 amide bonds. The molecule has 2 aromatic carbocycles. The third-order valence-corrected chi connectivity index (χ3v) is 5.61. The Hall–Kier alpha value is -3.03. The van der Waals surface area contributed by atoms with Crippen LogP contribution in [0.2, 0.25) is 0 Å². The summed E-state index contributed by atoms with van der Waals surface area (Å²) in [5.41, 5.74) is 2.74. The number of rotatable bonds is 2. The molecule has 5 aromatic rings. The summed E-state index contributed by atoms with van der Waals surface area (Å²) in [6.07, 6.45) is 1.70. The van der Waals surface area contributed by atoms with E-state index < -0.39 is 0 Å². The first-order chi connectivity index (χ1) is 12.8. The van der Waals surface area contributed by atoms with E-state index in [0.717, 1.165) is 26.2 Å². The van der Waals surface area contributed by atoms with Crippen LogP contribution in [0.1, 0.15) is 0 Å². The molecule has 0 fully saturated rings. The van der Waals surface area contributed by atoms with E-state index in [4.69, 9.17) is 9.40 Å². The molecule has 0 radical (unpaired) electrons. The molecule has 0 aliphatic carbocycles. The van der Waals surface area contributed by atoms with Crippen molar-refractivity contribution in [2.75, 3.05) is 0 Å². The largest absolute Gasteiger partial charge is 0.508 e. The molecule has 3 aromatic heterocycles. The van der Waals surface area contributed by atoms with Crippen LogP contribution < -0.4 is 5.55 Å². The van der Waals surface area contributed by atoms with Gasteiger partial charge in [0.25, 0.3) is 0 Å². The highest BCUT2D eigenvalue weighted by Crippen LogP contribution is 2.31. The average Bonchev–Trinajstić information content (AvgIpc) is 3.30. The lowest BCUT2D eigenvalue weighted by molar-refractivity contribution is 0.472. The van der Waals surface area contributed by atoms with E-state index in [2.05, 4.69) is 9.98 Å². The Morgan fingerprint density at radius 2 is 2.00 bits per heavy atom. The van der Waals surface area contributed by atoms with E-state index in [-0.39, 0.29) is 5.75 Å². The number of para-hydroxylation sites is 1. The van der Waals surface area contributed by atoms with Gasteiger partial charge in [0.1, 0.15) is 16.3 Å². The maximum absolute atomic E-state index is 9.75. The smallest absolute Gasteiger partial charge is 0.232 e. The number of phenols is 1. The first-order valence-electron chi connectivity index (χ1n) is 7.83. The highest BCUT2D eigenvalue weighted by atomic mass is 32.1. The second-order valence-electron chi connectivity index (χ2n) is 5.60. The monoisotopic (exact) mass is 377 g/mol. The summed E-state index contributed by atoms with van der Waals surface area (Å²) in [5.74, 6) is 0.147. The Morgan fingerprint density at radius 3 is 2.85 bits per heavy atom. The van der Waals surface area contributed by atoms with Gasteiger partial charge in [-0.25, -0.2) is 9.97 Å². The van der Waals surface area contributed by atoms with Crippen LogP contribution in [0.25, 0.3) is 31.8 Å². The normalized spacial score (nSPS) is 12.2. The Bertz CT molecular complexity index is 1270. The van der Waals surface area contributed by atoms with Crippen molar-refractivity contribution >= 4 is 49.0 Å². The molecule has 7 heteroatoms. The highest BCUT2D eigenvalue weighted by Gasteiger charge is 2.12. The lowest BCUT2D eigenvalue weighted by Crippen LogP contribution is -2.05. The fourth-order valence-corrected chi connectivity index (χ4v) is 4.16. The second-order valence-corrected chi connectivity index (χ2v) is 7.50. The zero-order valence-corrected chi connectivity index (χ0v) is 14.9. The summed E-state index contributed by atoms with van der Waals surface area (Å²) in [6.45, 7) is 0. The van der Waals surface area contributed by atoms with Crippen LogP contribution in [-0.2, 0) is 0 Å². The lowest BCUT2D eigenvalue weighted by atomic mass is 10.2. The molecular formula is C19H11N3O2S2. The summed E-state index contributed by atoms with van der Waals surface area (Å²) in [5, 5.41) is 13.9. The minimum absolute atomic E-state index is 0.147. The van der Waals surface area contributed by atoms with Gasteiger partial charge >= 0.3 is 0 Å². The number of benzene rings is 2. The molecule has 0 saturated heterocycles. The van der Waals surface area contributed by atoms with Crippen LogP contribution >= 0.6 is 22.7 Å². The molecule has 0 aliphatic heterocycles. The Balaban J connectivity index is 1.83. The van der Waals surface area contributed by atoms with Gasteiger partial charge < -0.3 is 9.52 Å². The van der Waals surface area contributed by atoms with Gasteiger partial charge in [0, 0.05) is 23.0 Å². The van der Waals surface area contributed by atoms with Gasteiger partial charge in [-0.1, -0.05) is 12.1 Å². The van der Waals surface area contributed by atoms with Crippen LogP contribution in [0.4, 0.5) is 5.13 Å². The highest BCUT2D eigenvalue weighted by molar-refractivity contribution is 7.21. The molecule has 1 N–H and O–H groups in total. The standard InChI is InChI=1S/C19H11N3O2S2/c23-12-6-5-11-9-13(18-21-14-3-1-2-4-16(14)26-18)17(24-15(11)10-12)22-19-20-7-8-25-19/h1-10,23H/b22-17-. The molecule has 0 spiro atoms. The zero-order valence-electron chi connectivity index (χ0n) is 13.3. The average molecular weight is 377 g/mol. The lowest BCUT2D eigenvalue weighted by Gasteiger charge is -2.02. The molecule has 3 heterocycles. The molecule has 26 heavy (non-hydrogen) atoms. The third-order valence-electron chi connectivity index (χ3n) is 3.87. The van der Waals surface area contributed by atoms with Gasteiger partial charge in [-0.2, -0.15) is 4.99 Å². The summed E-state index contributed by atoms with van der Waals surface area (Å²) >= 11 is 3.02. The van der Waals surface area contributed by atoms with E-state index in [1.165, 1.54) is 11.3 Å². The third kappa shape index (κ3) is 2.67. The van der Waals surface area contributed by atoms with Gasteiger partial charge in [-0.05, 0) is 30.3 Å². The predicted octanol–water partition coefficient (Wildman–Crippen LogP) is 5.10. The topological polar surface area (TPSA) is 71.5 Å². The van der Waals surface area contributed by atoms with Crippen LogP contribution in [0.3, 0.4) is 0 Å².